The van der Waals surface area contributed by atoms with E-state index < -0.39 is 0 Å². The highest BCUT2D eigenvalue weighted by Gasteiger charge is 2.25. The van der Waals surface area contributed by atoms with Gasteiger partial charge in [0.1, 0.15) is 19.0 Å². The lowest BCUT2D eigenvalue weighted by Gasteiger charge is -2.33. The third-order valence-electron chi connectivity index (χ3n) is 6.79. The topological polar surface area (TPSA) is 30.9 Å². The molecule has 0 aliphatic carbocycles. The van der Waals surface area contributed by atoms with E-state index >= 15 is 0 Å². The zero-order chi connectivity index (χ0) is 25.5. The molecular weight excluding hydrogens is 458 g/mol. The van der Waals surface area contributed by atoms with Crippen LogP contribution in [0.5, 0.6) is 17.2 Å². The van der Waals surface area contributed by atoms with Crippen LogP contribution >= 0.6 is 0 Å². The molecule has 1 heterocycles. The summed E-state index contributed by atoms with van der Waals surface area (Å²) in [5, 5.41) is 0. The highest BCUT2D eigenvalue weighted by atomic mass is 16.5. The van der Waals surface area contributed by atoms with E-state index in [1.165, 1.54) is 11.1 Å². The van der Waals surface area contributed by atoms with Crippen LogP contribution in [0.15, 0.2) is 103 Å². The molecule has 1 atom stereocenters. The van der Waals surface area contributed by atoms with Crippen LogP contribution in [-0.2, 0) is 19.6 Å². The van der Waals surface area contributed by atoms with Crippen molar-refractivity contribution in [2.24, 2.45) is 0 Å². The molecule has 37 heavy (non-hydrogen) atoms. The van der Waals surface area contributed by atoms with E-state index in [1.54, 1.807) is 7.11 Å². The fourth-order valence-electron chi connectivity index (χ4n) is 4.66. The zero-order valence-electron chi connectivity index (χ0n) is 21.5. The molecule has 1 aliphatic heterocycles. The number of rotatable bonds is 9. The SMILES string of the molecule is COc1cc2c(cc1OCc1ccccc1)C(/C=C/c1ccc(OCc3ccccc3)cc1)N(C)CC2. The van der Waals surface area contributed by atoms with Gasteiger partial charge in [-0.3, -0.25) is 4.90 Å². The Morgan fingerprint density at radius 1 is 0.784 bits per heavy atom. The molecule has 0 saturated carbocycles. The van der Waals surface area contributed by atoms with Gasteiger partial charge in [-0.05, 0) is 65.6 Å². The van der Waals surface area contributed by atoms with Gasteiger partial charge in [0, 0.05) is 6.54 Å². The van der Waals surface area contributed by atoms with E-state index in [0.717, 1.165) is 46.9 Å². The molecule has 1 unspecified atom stereocenters. The standard InChI is InChI=1S/C33H33NO3/c1-34-20-19-28-21-32(35-2)33(37-24-27-11-7-4-8-12-27)22-30(28)31(34)18-15-25-13-16-29(17-14-25)36-23-26-9-5-3-6-10-26/h3-18,21-22,31H,19-20,23-24H2,1-2H3/b18-15+. The summed E-state index contributed by atoms with van der Waals surface area (Å²) >= 11 is 0. The number of hydrogen-bond donors (Lipinski definition) is 0. The van der Waals surface area contributed by atoms with Crippen molar-refractivity contribution >= 4 is 6.08 Å². The molecule has 5 rings (SSSR count). The van der Waals surface area contributed by atoms with Crippen LogP contribution < -0.4 is 14.2 Å². The zero-order valence-corrected chi connectivity index (χ0v) is 21.5. The second kappa shape index (κ2) is 11.8. The molecule has 4 heteroatoms. The van der Waals surface area contributed by atoms with Crippen molar-refractivity contribution in [3.63, 3.8) is 0 Å². The summed E-state index contributed by atoms with van der Waals surface area (Å²) in [5.74, 6) is 2.43. The number of likely N-dealkylation sites (N-methyl/N-ethyl adjacent to an activating group) is 1. The van der Waals surface area contributed by atoms with Crippen molar-refractivity contribution in [3.05, 3.63) is 131 Å². The van der Waals surface area contributed by atoms with Gasteiger partial charge in [-0.1, -0.05) is 84.9 Å². The normalized spacial score (nSPS) is 15.4. The van der Waals surface area contributed by atoms with E-state index in [4.69, 9.17) is 14.2 Å². The van der Waals surface area contributed by atoms with Crippen molar-refractivity contribution in [3.8, 4) is 17.2 Å². The van der Waals surface area contributed by atoms with Gasteiger partial charge in [0.2, 0.25) is 0 Å². The molecule has 4 aromatic carbocycles. The van der Waals surface area contributed by atoms with E-state index in [9.17, 15) is 0 Å². The lowest BCUT2D eigenvalue weighted by atomic mass is 9.91. The minimum absolute atomic E-state index is 0.155. The Labute approximate surface area is 219 Å². The molecule has 188 valence electrons. The minimum atomic E-state index is 0.155. The molecule has 0 N–H and O–H groups in total. The highest BCUT2D eigenvalue weighted by molar-refractivity contribution is 5.55. The number of benzene rings is 4. The maximum atomic E-state index is 6.21. The first-order valence-corrected chi connectivity index (χ1v) is 12.7. The summed E-state index contributed by atoms with van der Waals surface area (Å²) in [6.45, 7) is 2.06. The lowest BCUT2D eigenvalue weighted by molar-refractivity contribution is 0.263. The highest BCUT2D eigenvalue weighted by Crippen LogP contribution is 2.39. The summed E-state index contributed by atoms with van der Waals surface area (Å²) in [4.78, 5) is 2.38. The first-order chi connectivity index (χ1) is 18.2. The van der Waals surface area contributed by atoms with E-state index in [1.807, 2.05) is 48.5 Å². The Balaban J connectivity index is 1.31. The molecule has 4 nitrogen and oxygen atoms in total. The molecular formula is C33H33NO3. The predicted octanol–water partition coefficient (Wildman–Crippen LogP) is 7.10. The van der Waals surface area contributed by atoms with Crippen LogP contribution in [0.4, 0.5) is 0 Å². The first-order valence-electron chi connectivity index (χ1n) is 12.7. The molecule has 0 radical (unpaired) electrons. The number of hydrogen-bond acceptors (Lipinski definition) is 4. The number of methoxy groups -OCH3 is 1. The Morgan fingerprint density at radius 3 is 2.08 bits per heavy atom. The smallest absolute Gasteiger partial charge is 0.162 e. The average Bonchev–Trinajstić information content (AvgIpc) is 2.95. The van der Waals surface area contributed by atoms with Gasteiger partial charge in [-0.25, -0.2) is 0 Å². The molecule has 0 spiro atoms. The maximum Gasteiger partial charge on any atom is 0.162 e. The van der Waals surface area contributed by atoms with Gasteiger partial charge >= 0.3 is 0 Å². The van der Waals surface area contributed by atoms with Crippen molar-refractivity contribution in [2.45, 2.75) is 25.7 Å². The molecule has 0 amide bonds. The van der Waals surface area contributed by atoms with Crippen LogP contribution in [-0.4, -0.2) is 25.6 Å². The third kappa shape index (κ3) is 6.22. The fourth-order valence-corrected chi connectivity index (χ4v) is 4.66. The average molecular weight is 492 g/mol. The summed E-state index contributed by atoms with van der Waals surface area (Å²) < 4.78 is 17.8. The largest absolute Gasteiger partial charge is 0.493 e. The Morgan fingerprint density at radius 2 is 1.43 bits per heavy atom. The van der Waals surface area contributed by atoms with Gasteiger partial charge in [0.25, 0.3) is 0 Å². The predicted molar refractivity (Wildman–Crippen MR) is 149 cm³/mol. The van der Waals surface area contributed by atoms with Crippen LogP contribution in [0.3, 0.4) is 0 Å². The minimum Gasteiger partial charge on any atom is -0.493 e. The molecule has 0 bridgehead atoms. The molecule has 4 aromatic rings. The van der Waals surface area contributed by atoms with E-state index in [2.05, 4.69) is 72.6 Å². The van der Waals surface area contributed by atoms with Crippen LogP contribution in [0, 0.1) is 0 Å². The van der Waals surface area contributed by atoms with Gasteiger partial charge in [-0.2, -0.15) is 0 Å². The Hall–Kier alpha value is -4.02. The molecule has 1 aliphatic rings. The first kappa shape index (κ1) is 24.7. The maximum absolute atomic E-state index is 6.21. The third-order valence-corrected chi connectivity index (χ3v) is 6.79. The molecule has 0 fully saturated rings. The van der Waals surface area contributed by atoms with Crippen LogP contribution in [0.2, 0.25) is 0 Å². The fraction of sp³-hybridized carbons (Fsp3) is 0.212. The van der Waals surface area contributed by atoms with Gasteiger partial charge in [0.05, 0.1) is 13.2 Å². The Bertz CT molecular complexity index is 1320. The quantitative estimate of drug-likeness (QED) is 0.250. The second-order valence-electron chi connectivity index (χ2n) is 9.35. The van der Waals surface area contributed by atoms with Gasteiger partial charge in [-0.15, -0.1) is 0 Å². The summed E-state index contributed by atoms with van der Waals surface area (Å²) in [6, 6.07) is 33.1. The van der Waals surface area contributed by atoms with E-state index in [-0.39, 0.29) is 6.04 Å². The van der Waals surface area contributed by atoms with Crippen LogP contribution in [0.25, 0.3) is 6.08 Å². The van der Waals surface area contributed by atoms with Crippen molar-refractivity contribution in [2.75, 3.05) is 20.7 Å². The van der Waals surface area contributed by atoms with E-state index in [0.29, 0.717) is 13.2 Å². The number of ether oxygens (including phenoxy) is 3. The summed E-state index contributed by atoms with van der Waals surface area (Å²) in [6.07, 6.45) is 5.44. The van der Waals surface area contributed by atoms with Crippen molar-refractivity contribution in [1.29, 1.82) is 0 Å². The molecule has 0 saturated heterocycles. The monoisotopic (exact) mass is 491 g/mol. The van der Waals surface area contributed by atoms with Gasteiger partial charge in [0.15, 0.2) is 11.5 Å². The Kier molecular flexibility index (Phi) is 7.87. The van der Waals surface area contributed by atoms with Crippen molar-refractivity contribution < 1.29 is 14.2 Å². The second-order valence-corrected chi connectivity index (χ2v) is 9.35. The number of nitrogens with zero attached hydrogens (tertiary/aromatic N) is 1. The lowest BCUT2D eigenvalue weighted by Crippen LogP contribution is -2.31. The summed E-state index contributed by atoms with van der Waals surface area (Å²) in [7, 11) is 3.88. The number of fused-ring (bicyclic) bond motifs is 1. The summed E-state index contributed by atoms with van der Waals surface area (Å²) in [5.41, 5.74) is 6.00. The van der Waals surface area contributed by atoms with Gasteiger partial charge < -0.3 is 14.2 Å². The van der Waals surface area contributed by atoms with Crippen LogP contribution in [0.1, 0.15) is 33.9 Å². The molecule has 0 aromatic heterocycles. The van der Waals surface area contributed by atoms with Crippen molar-refractivity contribution in [1.82, 2.24) is 4.90 Å².